The number of pyridine rings is 1. The molecule has 5 nitrogen and oxygen atoms in total. The molecular weight excluding hydrogens is 454 g/mol. The van der Waals surface area contributed by atoms with E-state index >= 15 is 0 Å². The molecule has 0 saturated heterocycles. The van der Waals surface area contributed by atoms with Crippen molar-refractivity contribution in [1.29, 1.82) is 5.26 Å². The van der Waals surface area contributed by atoms with Gasteiger partial charge in [0.1, 0.15) is 17.4 Å². The van der Waals surface area contributed by atoms with Crippen LogP contribution >= 0.6 is 15.9 Å². The number of nitrogens with two attached hydrogens (primary N) is 1. The van der Waals surface area contributed by atoms with E-state index in [1.807, 2.05) is 78.9 Å². The van der Waals surface area contributed by atoms with Gasteiger partial charge in [-0.15, -0.1) is 0 Å². The predicted octanol–water partition coefficient (Wildman–Crippen LogP) is 4.97. The minimum atomic E-state index is -0.656. The van der Waals surface area contributed by atoms with Crippen LogP contribution in [0.15, 0.2) is 99.6 Å². The second kappa shape index (κ2) is 7.46. The van der Waals surface area contributed by atoms with E-state index in [9.17, 15) is 10.1 Å². The molecule has 1 unspecified atom stereocenters. The number of hydrogen-bond acceptors (Lipinski definition) is 4. The molecule has 0 radical (unpaired) electrons. The van der Waals surface area contributed by atoms with Gasteiger partial charge in [0, 0.05) is 15.5 Å². The first kappa shape index (κ1) is 19.2. The van der Waals surface area contributed by atoms with Crippen molar-refractivity contribution in [2.45, 2.75) is 5.92 Å². The van der Waals surface area contributed by atoms with Gasteiger partial charge in [-0.1, -0.05) is 64.5 Å². The van der Waals surface area contributed by atoms with Crippen LogP contribution < -0.4 is 16.0 Å². The zero-order valence-corrected chi connectivity index (χ0v) is 17.8. The normalized spacial score (nSPS) is 15.3. The quantitative estimate of drug-likeness (QED) is 0.449. The van der Waals surface area contributed by atoms with Crippen molar-refractivity contribution in [2.24, 2.45) is 5.73 Å². The molecule has 4 aromatic rings. The first-order valence-corrected chi connectivity index (χ1v) is 10.5. The Balaban J connectivity index is 1.95. The zero-order valence-electron chi connectivity index (χ0n) is 16.2. The van der Waals surface area contributed by atoms with Gasteiger partial charge in [-0.25, -0.2) is 0 Å². The third-order valence-electron chi connectivity index (χ3n) is 5.47. The summed E-state index contributed by atoms with van der Waals surface area (Å²) in [5, 5.41) is 10.7. The third kappa shape index (κ3) is 2.94. The summed E-state index contributed by atoms with van der Waals surface area (Å²) in [6, 6.07) is 26.7. The molecule has 0 saturated carbocycles. The maximum absolute atomic E-state index is 14.0. The molecule has 1 atom stereocenters. The molecule has 1 aromatic heterocycles. The summed E-state index contributed by atoms with van der Waals surface area (Å²) in [6.45, 7) is 0. The van der Waals surface area contributed by atoms with Crippen molar-refractivity contribution >= 4 is 26.8 Å². The van der Waals surface area contributed by atoms with Crippen molar-refractivity contribution in [2.75, 3.05) is 0 Å². The van der Waals surface area contributed by atoms with E-state index in [0.717, 1.165) is 21.1 Å². The number of benzene rings is 3. The third-order valence-corrected chi connectivity index (χ3v) is 6.20. The van der Waals surface area contributed by atoms with Crippen LogP contribution in [0.2, 0.25) is 0 Å². The number of allylic oxidation sites excluding steroid dienone is 1. The van der Waals surface area contributed by atoms with Crippen LogP contribution in [-0.4, -0.2) is 4.57 Å². The molecule has 5 rings (SSSR count). The van der Waals surface area contributed by atoms with Crippen LogP contribution in [0.5, 0.6) is 5.75 Å². The average molecular weight is 470 g/mol. The van der Waals surface area contributed by atoms with Gasteiger partial charge in [0.25, 0.3) is 5.56 Å². The summed E-state index contributed by atoms with van der Waals surface area (Å²) < 4.78 is 8.37. The lowest BCUT2D eigenvalue weighted by atomic mass is 9.83. The van der Waals surface area contributed by atoms with Gasteiger partial charge in [-0.2, -0.15) is 5.26 Å². The van der Waals surface area contributed by atoms with E-state index < -0.39 is 5.92 Å². The fourth-order valence-electron chi connectivity index (χ4n) is 4.12. The Morgan fingerprint density at radius 3 is 2.39 bits per heavy atom. The van der Waals surface area contributed by atoms with Crippen LogP contribution in [0.4, 0.5) is 0 Å². The number of para-hydroxylation sites is 2. The van der Waals surface area contributed by atoms with Crippen LogP contribution in [0.1, 0.15) is 17.0 Å². The number of rotatable bonds is 2. The Bertz CT molecular complexity index is 1470. The first-order chi connectivity index (χ1) is 15.1. The van der Waals surface area contributed by atoms with E-state index in [4.69, 9.17) is 10.5 Å². The van der Waals surface area contributed by atoms with Crippen LogP contribution in [0.25, 0.3) is 16.6 Å². The summed E-state index contributed by atoms with van der Waals surface area (Å²) in [5.41, 5.74) is 8.75. The lowest BCUT2D eigenvalue weighted by Gasteiger charge is -2.28. The van der Waals surface area contributed by atoms with E-state index in [0.29, 0.717) is 16.8 Å². The Morgan fingerprint density at radius 2 is 1.65 bits per heavy atom. The number of fused-ring (bicyclic) bond motifs is 3. The molecule has 1 aliphatic rings. The van der Waals surface area contributed by atoms with E-state index in [1.165, 1.54) is 0 Å². The monoisotopic (exact) mass is 469 g/mol. The van der Waals surface area contributed by atoms with Crippen molar-refractivity contribution in [3.63, 3.8) is 0 Å². The highest BCUT2D eigenvalue weighted by Gasteiger charge is 2.36. The Kier molecular flexibility index (Phi) is 4.61. The molecule has 0 bridgehead atoms. The topological polar surface area (TPSA) is 81.0 Å². The Hall–Kier alpha value is -3.82. The van der Waals surface area contributed by atoms with Crippen LogP contribution in [-0.2, 0) is 0 Å². The molecule has 150 valence electrons. The number of ether oxygens (including phenoxy) is 1. The molecule has 0 fully saturated rings. The number of aromatic nitrogens is 1. The van der Waals surface area contributed by atoms with Gasteiger partial charge < -0.3 is 10.5 Å². The zero-order chi connectivity index (χ0) is 21.5. The number of hydrogen-bond donors (Lipinski definition) is 1. The molecular formula is C25H16BrN3O2. The highest BCUT2D eigenvalue weighted by Crippen LogP contribution is 2.45. The summed E-state index contributed by atoms with van der Waals surface area (Å²) in [7, 11) is 0. The van der Waals surface area contributed by atoms with E-state index in [1.54, 1.807) is 4.57 Å². The van der Waals surface area contributed by atoms with Gasteiger partial charge in [-0.05, 0) is 35.9 Å². The van der Waals surface area contributed by atoms with Crippen molar-refractivity contribution < 1.29 is 4.74 Å². The standard InChI is InChI=1S/C25H16BrN3O2/c26-19-12-6-4-10-16(19)21-18(14-27)24(28)31-23-17-11-5-7-13-20(17)29(25(30)22(21)23)15-8-2-1-3-9-15/h1-13,21H,28H2. The fourth-order valence-corrected chi connectivity index (χ4v) is 4.64. The second-order valence-electron chi connectivity index (χ2n) is 7.18. The van der Waals surface area contributed by atoms with Gasteiger partial charge in [0.2, 0.25) is 5.88 Å². The largest absolute Gasteiger partial charge is 0.439 e. The van der Waals surface area contributed by atoms with Gasteiger partial charge in [-0.3, -0.25) is 9.36 Å². The Morgan fingerprint density at radius 1 is 0.968 bits per heavy atom. The van der Waals surface area contributed by atoms with Gasteiger partial charge in [0.05, 0.1) is 17.0 Å². The Labute approximate surface area is 186 Å². The van der Waals surface area contributed by atoms with E-state index in [-0.39, 0.29) is 17.0 Å². The second-order valence-corrected chi connectivity index (χ2v) is 8.04. The van der Waals surface area contributed by atoms with E-state index in [2.05, 4.69) is 22.0 Å². The predicted molar refractivity (Wildman–Crippen MR) is 123 cm³/mol. The SMILES string of the molecule is N#CC1=C(N)Oc2c(c(=O)n(-c3ccccc3)c3ccccc23)C1c1ccccc1Br. The maximum Gasteiger partial charge on any atom is 0.263 e. The molecule has 2 N–H and O–H groups in total. The minimum Gasteiger partial charge on any atom is -0.439 e. The summed E-state index contributed by atoms with van der Waals surface area (Å²) in [5.74, 6) is -0.251. The number of nitrogens with zero attached hydrogens (tertiary/aromatic N) is 2. The molecule has 6 heteroatoms. The number of nitriles is 1. The van der Waals surface area contributed by atoms with Crippen molar-refractivity contribution in [3.05, 3.63) is 116 Å². The number of halogens is 1. The lowest BCUT2D eigenvalue weighted by molar-refractivity contribution is 0.396. The molecule has 1 aliphatic heterocycles. The molecule has 0 spiro atoms. The molecule has 0 aliphatic carbocycles. The molecule has 31 heavy (non-hydrogen) atoms. The smallest absolute Gasteiger partial charge is 0.263 e. The van der Waals surface area contributed by atoms with Crippen molar-refractivity contribution in [1.82, 2.24) is 4.57 Å². The van der Waals surface area contributed by atoms with Crippen LogP contribution in [0, 0.1) is 11.3 Å². The molecule has 0 amide bonds. The van der Waals surface area contributed by atoms with Crippen LogP contribution in [0.3, 0.4) is 0 Å². The minimum absolute atomic E-state index is 0.0118. The van der Waals surface area contributed by atoms with Gasteiger partial charge in [0.15, 0.2) is 0 Å². The van der Waals surface area contributed by atoms with Gasteiger partial charge >= 0.3 is 0 Å². The fraction of sp³-hybridized carbons (Fsp3) is 0.0400. The summed E-state index contributed by atoms with van der Waals surface area (Å²) in [4.78, 5) is 14.0. The lowest BCUT2D eigenvalue weighted by Crippen LogP contribution is -2.31. The van der Waals surface area contributed by atoms with Crippen molar-refractivity contribution in [3.8, 4) is 17.5 Å². The average Bonchev–Trinajstić information content (AvgIpc) is 2.79. The molecule has 2 heterocycles. The summed E-state index contributed by atoms with van der Waals surface area (Å²) >= 11 is 3.58. The summed E-state index contributed by atoms with van der Waals surface area (Å²) in [6.07, 6.45) is 0. The first-order valence-electron chi connectivity index (χ1n) is 9.67. The highest BCUT2D eigenvalue weighted by molar-refractivity contribution is 9.10. The maximum atomic E-state index is 14.0. The molecule has 3 aromatic carbocycles. The highest BCUT2D eigenvalue weighted by atomic mass is 79.9.